The van der Waals surface area contributed by atoms with Gasteiger partial charge in [-0.3, -0.25) is 5.14 Å². The van der Waals surface area contributed by atoms with Crippen molar-refractivity contribution in [2.24, 2.45) is 5.14 Å². The van der Waals surface area contributed by atoms with Crippen molar-refractivity contribution < 1.29 is 0 Å². The summed E-state index contributed by atoms with van der Waals surface area (Å²) in [6.07, 6.45) is 0. The summed E-state index contributed by atoms with van der Waals surface area (Å²) in [6, 6.07) is 9.23. The monoisotopic (exact) mass is 195 g/mol. The van der Waals surface area contributed by atoms with E-state index in [9.17, 15) is 0 Å². The van der Waals surface area contributed by atoms with Crippen molar-refractivity contribution in [1.29, 1.82) is 0 Å². The van der Waals surface area contributed by atoms with Gasteiger partial charge in [-0.2, -0.15) is 0 Å². The second-order valence-electron chi connectivity index (χ2n) is 1.82. The minimum absolute atomic E-state index is 0.790. The predicted octanol–water partition coefficient (Wildman–Crippen LogP) is 3.03. The predicted molar refractivity (Wildman–Crippen MR) is 48.2 cm³/mol. The molecular formula is C6H7Cl2NS. The van der Waals surface area contributed by atoms with Gasteiger partial charge in [-0.05, 0) is 42.1 Å². The Morgan fingerprint density at radius 3 is 1.90 bits per heavy atom. The van der Waals surface area contributed by atoms with E-state index in [1.165, 1.54) is 0 Å². The third-order valence-corrected chi connectivity index (χ3v) is 3.03. The highest BCUT2D eigenvalue weighted by atomic mass is 36.0. The van der Waals surface area contributed by atoms with Crippen LogP contribution in [-0.4, -0.2) is 0 Å². The van der Waals surface area contributed by atoms with E-state index >= 15 is 0 Å². The molecule has 10 heavy (non-hydrogen) atoms. The Labute approximate surface area is 70.6 Å². The van der Waals surface area contributed by atoms with Gasteiger partial charge in [-0.15, -0.1) is 0 Å². The summed E-state index contributed by atoms with van der Waals surface area (Å²) in [5, 5.41) is 5.47. The van der Waals surface area contributed by atoms with Crippen molar-refractivity contribution in [3.63, 3.8) is 0 Å². The van der Waals surface area contributed by atoms with Crippen molar-refractivity contribution in [3.05, 3.63) is 30.3 Å². The van der Waals surface area contributed by atoms with Gasteiger partial charge in [0, 0.05) is 4.90 Å². The fourth-order valence-corrected chi connectivity index (χ4v) is 1.74. The molecule has 0 saturated heterocycles. The molecule has 2 N–H and O–H groups in total. The van der Waals surface area contributed by atoms with E-state index < -0.39 is 8.64 Å². The Morgan fingerprint density at radius 1 is 1.10 bits per heavy atom. The number of nitrogens with two attached hydrogens (primary N) is 1. The van der Waals surface area contributed by atoms with Gasteiger partial charge < -0.3 is 0 Å². The van der Waals surface area contributed by atoms with Crippen LogP contribution < -0.4 is 5.14 Å². The van der Waals surface area contributed by atoms with Gasteiger partial charge in [-0.25, -0.2) is 0 Å². The van der Waals surface area contributed by atoms with Crippen molar-refractivity contribution in [2.75, 3.05) is 0 Å². The molecule has 0 aromatic heterocycles. The maximum Gasteiger partial charge on any atom is 0.0301 e. The minimum atomic E-state index is -2.06. The molecule has 0 unspecified atom stereocenters. The highest BCUT2D eigenvalue weighted by molar-refractivity contribution is 8.64. The average Bonchev–Trinajstić information content (AvgIpc) is 1.88. The van der Waals surface area contributed by atoms with Crippen LogP contribution in [0.2, 0.25) is 0 Å². The average molecular weight is 196 g/mol. The number of hydrogen-bond donors (Lipinski definition) is 1. The van der Waals surface area contributed by atoms with Crippen LogP contribution in [0, 0.1) is 0 Å². The Balaban J connectivity index is 2.97. The molecule has 0 aliphatic carbocycles. The third kappa shape index (κ3) is 2.06. The van der Waals surface area contributed by atoms with E-state index in [4.69, 9.17) is 26.5 Å². The lowest BCUT2D eigenvalue weighted by Crippen LogP contribution is -1.94. The summed E-state index contributed by atoms with van der Waals surface area (Å²) in [5.74, 6) is 0. The summed E-state index contributed by atoms with van der Waals surface area (Å²) in [6.45, 7) is 0. The second-order valence-corrected chi connectivity index (χ2v) is 6.70. The number of hydrogen-bond acceptors (Lipinski definition) is 1. The molecule has 0 aliphatic rings. The van der Waals surface area contributed by atoms with Crippen LogP contribution in [0.5, 0.6) is 0 Å². The van der Waals surface area contributed by atoms with Crippen LogP contribution in [0.4, 0.5) is 0 Å². The van der Waals surface area contributed by atoms with Gasteiger partial charge in [0.15, 0.2) is 0 Å². The van der Waals surface area contributed by atoms with Gasteiger partial charge in [0.1, 0.15) is 0 Å². The molecule has 0 atom stereocenters. The number of rotatable bonds is 1. The molecule has 0 heterocycles. The maximum absolute atomic E-state index is 5.69. The van der Waals surface area contributed by atoms with Gasteiger partial charge in [0.2, 0.25) is 0 Å². The molecule has 1 aromatic rings. The fraction of sp³-hybridized carbons (Fsp3) is 0. The first-order valence-corrected chi connectivity index (χ1v) is 6.01. The summed E-state index contributed by atoms with van der Waals surface area (Å²) < 4.78 is 0. The number of benzene rings is 1. The second kappa shape index (κ2) is 3.01. The zero-order chi connectivity index (χ0) is 7.61. The zero-order valence-electron chi connectivity index (χ0n) is 5.13. The van der Waals surface area contributed by atoms with Crippen molar-refractivity contribution >= 4 is 30.0 Å². The Kier molecular flexibility index (Phi) is 2.47. The Bertz CT molecular complexity index is 207. The van der Waals surface area contributed by atoms with Gasteiger partial charge in [0.05, 0.1) is 0 Å². The highest BCUT2D eigenvalue weighted by Crippen LogP contribution is 2.57. The van der Waals surface area contributed by atoms with E-state index in [-0.39, 0.29) is 0 Å². The topological polar surface area (TPSA) is 26.0 Å². The van der Waals surface area contributed by atoms with Crippen molar-refractivity contribution in [1.82, 2.24) is 0 Å². The van der Waals surface area contributed by atoms with E-state index in [1.807, 2.05) is 30.3 Å². The zero-order valence-corrected chi connectivity index (χ0v) is 7.46. The van der Waals surface area contributed by atoms with E-state index in [0.717, 1.165) is 4.90 Å². The van der Waals surface area contributed by atoms with E-state index in [0.29, 0.717) is 0 Å². The van der Waals surface area contributed by atoms with Crippen LogP contribution in [0.15, 0.2) is 35.2 Å². The van der Waals surface area contributed by atoms with Crippen LogP contribution in [0.25, 0.3) is 0 Å². The molecule has 0 aliphatic heterocycles. The summed E-state index contributed by atoms with van der Waals surface area (Å²) >= 11 is 0. The molecule has 0 radical (unpaired) electrons. The summed E-state index contributed by atoms with van der Waals surface area (Å²) in [4.78, 5) is 0.790. The van der Waals surface area contributed by atoms with Crippen molar-refractivity contribution in [3.8, 4) is 0 Å². The van der Waals surface area contributed by atoms with Gasteiger partial charge in [-0.1, -0.05) is 18.2 Å². The maximum atomic E-state index is 5.69. The molecule has 56 valence electrons. The van der Waals surface area contributed by atoms with Crippen LogP contribution in [-0.2, 0) is 0 Å². The normalized spacial score (nSPS) is 13.1. The summed E-state index contributed by atoms with van der Waals surface area (Å²) in [5.41, 5.74) is 0. The Hall–Kier alpha value is 0.110. The summed E-state index contributed by atoms with van der Waals surface area (Å²) in [7, 11) is 9.31. The molecule has 0 saturated carbocycles. The third-order valence-electron chi connectivity index (χ3n) is 1.06. The quantitative estimate of drug-likeness (QED) is 0.733. The molecule has 0 bridgehead atoms. The molecule has 1 rings (SSSR count). The smallest absolute Gasteiger partial charge is 0.0301 e. The Morgan fingerprint density at radius 2 is 1.60 bits per heavy atom. The first-order valence-electron chi connectivity index (χ1n) is 2.66. The first kappa shape index (κ1) is 8.21. The molecular weight excluding hydrogens is 189 g/mol. The lowest BCUT2D eigenvalue weighted by atomic mass is 10.4. The standard InChI is InChI=1S/C6H7Cl2NS/c7-10(8,9)6-4-2-1-3-5-6/h1-5H,9H2. The van der Waals surface area contributed by atoms with Crippen molar-refractivity contribution in [2.45, 2.75) is 4.90 Å². The molecule has 0 amide bonds. The first-order chi connectivity index (χ1) is 4.61. The number of halogens is 2. The fourth-order valence-electron chi connectivity index (χ4n) is 0.602. The van der Waals surface area contributed by atoms with Crippen LogP contribution in [0.3, 0.4) is 0 Å². The van der Waals surface area contributed by atoms with Crippen LogP contribution in [0.1, 0.15) is 0 Å². The molecule has 4 heteroatoms. The van der Waals surface area contributed by atoms with Gasteiger partial charge in [0.25, 0.3) is 0 Å². The van der Waals surface area contributed by atoms with Gasteiger partial charge >= 0.3 is 0 Å². The minimum Gasteiger partial charge on any atom is -0.267 e. The van der Waals surface area contributed by atoms with Crippen LogP contribution >= 0.6 is 30.0 Å². The molecule has 1 nitrogen and oxygen atoms in total. The van der Waals surface area contributed by atoms with E-state index in [2.05, 4.69) is 0 Å². The lowest BCUT2D eigenvalue weighted by Gasteiger charge is -2.17. The molecule has 0 spiro atoms. The van der Waals surface area contributed by atoms with E-state index in [1.54, 1.807) is 0 Å². The molecule has 1 aromatic carbocycles. The largest absolute Gasteiger partial charge is 0.267 e. The highest BCUT2D eigenvalue weighted by Gasteiger charge is 2.12. The molecule has 0 fully saturated rings. The SMILES string of the molecule is NS(Cl)(Cl)c1ccccc1. The lowest BCUT2D eigenvalue weighted by molar-refractivity contribution is 1.45.